The first-order chi connectivity index (χ1) is 12.2. The van der Waals surface area contributed by atoms with Gasteiger partial charge in [0.2, 0.25) is 5.91 Å². The van der Waals surface area contributed by atoms with Gasteiger partial charge < -0.3 is 15.1 Å². The Kier molecular flexibility index (Phi) is 6.74. The summed E-state index contributed by atoms with van der Waals surface area (Å²) in [6.07, 6.45) is 6.60. The molecule has 0 aliphatic carbocycles. The molecule has 25 heavy (non-hydrogen) atoms. The van der Waals surface area contributed by atoms with Crippen LogP contribution in [0.15, 0.2) is 30.3 Å². The molecule has 1 aromatic carbocycles. The van der Waals surface area contributed by atoms with Gasteiger partial charge in [-0.3, -0.25) is 4.79 Å². The van der Waals surface area contributed by atoms with E-state index < -0.39 is 0 Å². The summed E-state index contributed by atoms with van der Waals surface area (Å²) < 4.78 is 0. The summed E-state index contributed by atoms with van der Waals surface area (Å²) in [6.45, 7) is 7.57. The van der Waals surface area contributed by atoms with E-state index in [9.17, 15) is 4.79 Å². The van der Waals surface area contributed by atoms with Crippen LogP contribution < -0.4 is 5.32 Å². The fraction of sp³-hybridized carbons (Fsp3) is 0.667. The molecule has 2 aliphatic heterocycles. The third-order valence-electron chi connectivity index (χ3n) is 5.63. The average Bonchev–Trinajstić information content (AvgIpc) is 2.65. The van der Waals surface area contributed by atoms with Crippen molar-refractivity contribution in [1.82, 2.24) is 9.80 Å². The smallest absolute Gasteiger partial charge is 0.222 e. The number of carbonyl (C=O) groups excluding carboxylic acids is 1. The number of likely N-dealkylation sites (tertiary alicyclic amines) is 2. The predicted molar refractivity (Wildman–Crippen MR) is 104 cm³/mol. The molecule has 1 atom stereocenters. The summed E-state index contributed by atoms with van der Waals surface area (Å²) in [4.78, 5) is 17.4. The lowest BCUT2D eigenvalue weighted by atomic mass is 9.92. The van der Waals surface area contributed by atoms with Gasteiger partial charge in [-0.1, -0.05) is 25.1 Å². The van der Waals surface area contributed by atoms with Gasteiger partial charge in [-0.15, -0.1) is 0 Å². The summed E-state index contributed by atoms with van der Waals surface area (Å²) in [5.41, 5.74) is 1.16. The molecule has 0 spiro atoms. The van der Waals surface area contributed by atoms with Gasteiger partial charge >= 0.3 is 0 Å². The van der Waals surface area contributed by atoms with Crippen molar-refractivity contribution < 1.29 is 4.79 Å². The van der Waals surface area contributed by atoms with Crippen LogP contribution >= 0.6 is 0 Å². The lowest BCUT2D eigenvalue weighted by molar-refractivity contribution is -0.133. The highest BCUT2D eigenvalue weighted by Crippen LogP contribution is 2.23. The first-order valence-corrected chi connectivity index (χ1v) is 10.1. The summed E-state index contributed by atoms with van der Waals surface area (Å²) >= 11 is 0. The van der Waals surface area contributed by atoms with E-state index in [1.54, 1.807) is 0 Å². The molecule has 2 heterocycles. The van der Waals surface area contributed by atoms with E-state index in [4.69, 9.17) is 0 Å². The van der Waals surface area contributed by atoms with E-state index in [1.165, 1.54) is 38.9 Å². The molecular weight excluding hydrogens is 310 g/mol. The number of benzene rings is 1. The molecule has 2 fully saturated rings. The fourth-order valence-corrected chi connectivity index (χ4v) is 4.20. The van der Waals surface area contributed by atoms with E-state index in [1.807, 2.05) is 6.07 Å². The Morgan fingerprint density at radius 3 is 2.60 bits per heavy atom. The standard InChI is InChI=1S/C21H33N3O/c1-2-12-23-14-10-18(11-15-23)16-21(25)24-13-6-9-20(17-24)22-19-7-4-3-5-8-19/h3-5,7-8,18,20,22H,2,6,9-17H2,1H3. The van der Waals surface area contributed by atoms with Gasteiger partial charge in [0.15, 0.2) is 0 Å². The van der Waals surface area contributed by atoms with Gasteiger partial charge in [0, 0.05) is 31.2 Å². The third kappa shape index (κ3) is 5.46. The molecule has 138 valence electrons. The van der Waals surface area contributed by atoms with Crippen LogP contribution in [0.5, 0.6) is 0 Å². The van der Waals surface area contributed by atoms with E-state index >= 15 is 0 Å². The molecule has 1 amide bonds. The Morgan fingerprint density at radius 2 is 1.88 bits per heavy atom. The Bertz CT molecular complexity index is 525. The van der Waals surface area contributed by atoms with E-state index in [0.717, 1.165) is 38.0 Å². The fourth-order valence-electron chi connectivity index (χ4n) is 4.20. The number of amides is 1. The maximum Gasteiger partial charge on any atom is 0.222 e. The predicted octanol–water partition coefficient (Wildman–Crippen LogP) is 3.60. The van der Waals surface area contributed by atoms with Crippen LogP contribution in [-0.4, -0.2) is 54.5 Å². The lowest BCUT2D eigenvalue weighted by Gasteiger charge is -2.36. The normalized spacial score (nSPS) is 22.8. The highest BCUT2D eigenvalue weighted by molar-refractivity contribution is 5.76. The Hall–Kier alpha value is -1.55. The topological polar surface area (TPSA) is 35.6 Å². The number of anilines is 1. The second-order valence-corrected chi connectivity index (χ2v) is 7.68. The van der Waals surface area contributed by atoms with E-state index in [0.29, 0.717) is 17.9 Å². The highest BCUT2D eigenvalue weighted by Gasteiger charge is 2.27. The summed E-state index contributed by atoms with van der Waals surface area (Å²) in [5.74, 6) is 0.955. The van der Waals surface area contributed by atoms with Gasteiger partial charge in [0.1, 0.15) is 0 Å². The van der Waals surface area contributed by atoms with Gasteiger partial charge in [-0.2, -0.15) is 0 Å². The molecular formula is C21H33N3O. The molecule has 1 aromatic rings. The zero-order chi connectivity index (χ0) is 17.5. The second kappa shape index (κ2) is 9.23. The Balaban J connectivity index is 1.44. The number of nitrogens with one attached hydrogen (secondary N) is 1. The van der Waals surface area contributed by atoms with Crippen molar-refractivity contribution >= 4 is 11.6 Å². The van der Waals surface area contributed by atoms with Crippen LogP contribution in [-0.2, 0) is 4.79 Å². The minimum Gasteiger partial charge on any atom is -0.381 e. The first-order valence-electron chi connectivity index (χ1n) is 10.1. The van der Waals surface area contributed by atoms with Gasteiger partial charge in [-0.05, 0) is 69.8 Å². The number of hydrogen-bond acceptors (Lipinski definition) is 3. The molecule has 4 nitrogen and oxygen atoms in total. The monoisotopic (exact) mass is 343 g/mol. The van der Waals surface area contributed by atoms with Crippen LogP contribution in [0, 0.1) is 5.92 Å². The van der Waals surface area contributed by atoms with Gasteiger partial charge in [0.25, 0.3) is 0 Å². The molecule has 4 heteroatoms. The zero-order valence-corrected chi connectivity index (χ0v) is 15.6. The Labute approximate surface area is 152 Å². The molecule has 0 saturated carbocycles. The average molecular weight is 344 g/mol. The van der Waals surface area contributed by atoms with E-state index in [-0.39, 0.29) is 0 Å². The zero-order valence-electron chi connectivity index (χ0n) is 15.6. The Morgan fingerprint density at radius 1 is 1.12 bits per heavy atom. The maximum atomic E-state index is 12.8. The van der Waals surface area contributed by atoms with Crippen molar-refractivity contribution in [3.8, 4) is 0 Å². The number of carbonyl (C=O) groups is 1. The van der Waals surface area contributed by atoms with Crippen LogP contribution in [0.3, 0.4) is 0 Å². The van der Waals surface area contributed by atoms with Crippen molar-refractivity contribution in [3.05, 3.63) is 30.3 Å². The number of hydrogen-bond donors (Lipinski definition) is 1. The second-order valence-electron chi connectivity index (χ2n) is 7.68. The molecule has 0 aromatic heterocycles. The van der Waals surface area contributed by atoms with Crippen LogP contribution in [0.25, 0.3) is 0 Å². The third-order valence-corrected chi connectivity index (χ3v) is 5.63. The number of para-hydroxylation sites is 1. The van der Waals surface area contributed by atoms with Gasteiger partial charge in [0.05, 0.1) is 0 Å². The van der Waals surface area contributed by atoms with E-state index in [2.05, 4.69) is 46.3 Å². The summed E-state index contributed by atoms with van der Waals surface area (Å²) in [7, 11) is 0. The molecule has 2 aliphatic rings. The first kappa shape index (κ1) is 18.2. The summed E-state index contributed by atoms with van der Waals surface area (Å²) in [5, 5.41) is 3.59. The number of rotatable bonds is 6. The van der Waals surface area contributed by atoms with Crippen molar-refractivity contribution in [2.45, 2.75) is 51.5 Å². The highest BCUT2D eigenvalue weighted by atomic mass is 16.2. The lowest BCUT2D eigenvalue weighted by Crippen LogP contribution is -2.46. The molecule has 2 saturated heterocycles. The SMILES string of the molecule is CCCN1CCC(CC(=O)N2CCCC(Nc3ccccc3)C2)CC1. The maximum absolute atomic E-state index is 12.8. The van der Waals surface area contributed by atoms with Crippen LogP contribution in [0.1, 0.15) is 45.4 Å². The van der Waals surface area contributed by atoms with Crippen molar-refractivity contribution in [3.63, 3.8) is 0 Å². The van der Waals surface area contributed by atoms with Gasteiger partial charge in [-0.25, -0.2) is 0 Å². The molecule has 1 N–H and O–H groups in total. The summed E-state index contributed by atoms with van der Waals surface area (Å²) in [6, 6.07) is 10.7. The molecule has 1 unspecified atom stereocenters. The molecule has 0 radical (unpaired) electrons. The quantitative estimate of drug-likeness (QED) is 0.857. The minimum atomic E-state index is 0.369. The number of piperidine rings is 2. The van der Waals surface area contributed by atoms with Crippen molar-refractivity contribution in [2.24, 2.45) is 5.92 Å². The molecule has 0 bridgehead atoms. The largest absolute Gasteiger partial charge is 0.381 e. The van der Waals surface area contributed by atoms with Crippen molar-refractivity contribution in [2.75, 3.05) is 38.0 Å². The van der Waals surface area contributed by atoms with Crippen LogP contribution in [0.2, 0.25) is 0 Å². The number of nitrogens with zero attached hydrogens (tertiary/aromatic N) is 2. The minimum absolute atomic E-state index is 0.369. The van der Waals surface area contributed by atoms with Crippen molar-refractivity contribution in [1.29, 1.82) is 0 Å². The van der Waals surface area contributed by atoms with Crippen LogP contribution in [0.4, 0.5) is 5.69 Å². The molecule has 3 rings (SSSR count).